The highest BCUT2D eigenvalue weighted by molar-refractivity contribution is 5.96. The summed E-state index contributed by atoms with van der Waals surface area (Å²) in [7, 11) is 0. The second-order valence-corrected chi connectivity index (χ2v) is 5.11. The minimum Gasteiger partial charge on any atom is -0.508 e. The molecule has 1 aliphatic rings. The van der Waals surface area contributed by atoms with Crippen molar-refractivity contribution in [2.45, 2.75) is 32.7 Å². The zero-order valence-electron chi connectivity index (χ0n) is 11.4. The Morgan fingerprint density at radius 2 is 2.26 bits per heavy atom. The van der Waals surface area contributed by atoms with Crippen LogP contribution in [-0.4, -0.2) is 36.1 Å². The predicted molar refractivity (Wildman–Crippen MR) is 70.1 cm³/mol. The summed E-state index contributed by atoms with van der Waals surface area (Å²) in [6.07, 6.45) is -0.142. The maximum atomic E-state index is 12.0. The maximum absolute atomic E-state index is 12.0. The van der Waals surface area contributed by atoms with Crippen molar-refractivity contribution >= 4 is 5.91 Å². The van der Waals surface area contributed by atoms with Crippen molar-refractivity contribution in [2.75, 3.05) is 13.2 Å². The van der Waals surface area contributed by atoms with Gasteiger partial charge >= 0.3 is 0 Å². The summed E-state index contributed by atoms with van der Waals surface area (Å²) < 4.78 is 11.0. The Hall–Kier alpha value is -1.59. The van der Waals surface area contributed by atoms with E-state index in [4.69, 9.17) is 9.47 Å². The molecule has 0 saturated carbocycles. The van der Waals surface area contributed by atoms with Gasteiger partial charge in [0.15, 0.2) is 5.79 Å². The number of benzene rings is 1. The highest BCUT2D eigenvalue weighted by Crippen LogP contribution is 2.22. The fourth-order valence-electron chi connectivity index (χ4n) is 2.03. The fraction of sp³-hybridized carbons (Fsp3) is 0.500. The van der Waals surface area contributed by atoms with Crippen molar-refractivity contribution in [3.8, 4) is 5.75 Å². The number of rotatable bonds is 3. The fourth-order valence-corrected chi connectivity index (χ4v) is 2.03. The summed E-state index contributed by atoms with van der Waals surface area (Å²) in [5, 5.41) is 12.4. The van der Waals surface area contributed by atoms with Gasteiger partial charge in [-0.2, -0.15) is 0 Å². The molecule has 19 heavy (non-hydrogen) atoms. The van der Waals surface area contributed by atoms with Crippen LogP contribution in [0.2, 0.25) is 0 Å². The zero-order valence-corrected chi connectivity index (χ0v) is 11.4. The standard InChI is InChI=1S/C14H19NO4/c1-9-11(5-4-6-12(9)16)13(17)15-7-10-8-18-14(2,3)19-10/h4-6,10,16H,7-8H2,1-3H3,(H,15,17). The Kier molecular flexibility index (Phi) is 3.78. The normalized spacial score (nSPS) is 21.3. The molecule has 1 aromatic carbocycles. The van der Waals surface area contributed by atoms with Crippen molar-refractivity contribution in [2.24, 2.45) is 0 Å². The average molecular weight is 265 g/mol. The molecule has 1 aromatic rings. The predicted octanol–water partition coefficient (Wildman–Crippen LogP) is 1.58. The third-order valence-corrected chi connectivity index (χ3v) is 3.11. The number of hydrogen-bond acceptors (Lipinski definition) is 4. The van der Waals surface area contributed by atoms with Gasteiger partial charge in [-0.1, -0.05) is 6.07 Å². The van der Waals surface area contributed by atoms with Crippen molar-refractivity contribution in [3.63, 3.8) is 0 Å². The molecule has 0 aliphatic carbocycles. The molecule has 0 bridgehead atoms. The van der Waals surface area contributed by atoms with Gasteiger partial charge in [0, 0.05) is 17.7 Å². The van der Waals surface area contributed by atoms with Gasteiger partial charge in [-0.3, -0.25) is 4.79 Å². The Balaban J connectivity index is 1.93. The topological polar surface area (TPSA) is 67.8 Å². The second-order valence-electron chi connectivity index (χ2n) is 5.11. The molecule has 1 heterocycles. The summed E-state index contributed by atoms with van der Waals surface area (Å²) in [5.41, 5.74) is 1.04. The Bertz CT molecular complexity index is 484. The third kappa shape index (κ3) is 3.24. The molecule has 1 aliphatic heterocycles. The van der Waals surface area contributed by atoms with Crippen LogP contribution in [0.4, 0.5) is 0 Å². The van der Waals surface area contributed by atoms with Crippen molar-refractivity contribution in [1.82, 2.24) is 5.32 Å². The third-order valence-electron chi connectivity index (χ3n) is 3.11. The van der Waals surface area contributed by atoms with Crippen LogP contribution in [0.3, 0.4) is 0 Å². The van der Waals surface area contributed by atoms with E-state index >= 15 is 0 Å². The van der Waals surface area contributed by atoms with Gasteiger partial charge in [-0.25, -0.2) is 0 Å². The van der Waals surface area contributed by atoms with Crippen LogP contribution in [0, 0.1) is 6.92 Å². The molecule has 1 amide bonds. The van der Waals surface area contributed by atoms with E-state index in [1.54, 1.807) is 25.1 Å². The summed E-state index contributed by atoms with van der Waals surface area (Å²) in [5.74, 6) is -0.688. The SMILES string of the molecule is Cc1c(O)cccc1C(=O)NCC1COC(C)(C)O1. The van der Waals surface area contributed by atoms with Gasteiger partial charge in [-0.15, -0.1) is 0 Å². The summed E-state index contributed by atoms with van der Waals surface area (Å²) in [4.78, 5) is 12.0. The lowest BCUT2D eigenvalue weighted by molar-refractivity contribution is -0.137. The van der Waals surface area contributed by atoms with E-state index in [2.05, 4.69) is 5.32 Å². The first kappa shape index (κ1) is 13.8. The van der Waals surface area contributed by atoms with Crippen LogP contribution in [0.5, 0.6) is 5.75 Å². The summed E-state index contributed by atoms with van der Waals surface area (Å²) >= 11 is 0. The highest BCUT2D eigenvalue weighted by atomic mass is 16.7. The highest BCUT2D eigenvalue weighted by Gasteiger charge is 2.32. The number of hydrogen-bond donors (Lipinski definition) is 2. The van der Waals surface area contributed by atoms with Gasteiger partial charge in [0.25, 0.3) is 5.91 Å². The molecule has 2 rings (SSSR count). The van der Waals surface area contributed by atoms with Gasteiger partial charge in [0.05, 0.1) is 6.61 Å². The Morgan fingerprint density at radius 3 is 2.89 bits per heavy atom. The number of nitrogens with one attached hydrogen (secondary N) is 1. The van der Waals surface area contributed by atoms with E-state index < -0.39 is 5.79 Å². The smallest absolute Gasteiger partial charge is 0.251 e. The molecule has 104 valence electrons. The lowest BCUT2D eigenvalue weighted by Crippen LogP contribution is -2.34. The lowest BCUT2D eigenvalue weighted by Gasteiger charge is -2.17. The van der Waals surface area contributed by atoms with Crippen molar-refractivity contribution in [3.05, 3.63) is 29.3 Å². The van der Waals surface area contributed by atoms with Crippen LogP contribution in [0.1, 0.15) is 29.8 Å². The van der Waals surface area contributed by atoms with Crippen molar-refractivity contribution < 1.29 is 19.4 Å². The average Bonchev–Trinajstić information content (AvgIpc) is 2.69. The molecule has 5 heteroatoms. The molecule has 1 saturated heterocycles. The first-order valence-corrected chi connectivity index (χ1v) is 6.27. The summed E-state index contributed by atoms with van der Waals surface area (Å²) in [6.45, 7) is 6.24. The Morgan fingerprint density at radius 1 is 1.53 bits per heavy atom. The monoisotopic (exact) mass is 265 g/mol. The molecule has 0 aromatic heterocycles. The molecule has 1 fully saturated rings. The second kappa shape index (κ2) is 5.19. The maximum Gasteiger partial charge on any atom is 0.251 e. The Labute approximate surface area is 112 Å². The number of carbonyl (C=O) groups is 1. The zero-order chi connectivity index (χ0) is 14.0. The lowest BCUT2D eigenvalue weighted by atomic mass is 10.1. The number of amides is 1. The van der Waals surface area contributed by atoms with E-state index in [9.17, 15) is 9.90 Å². The molecule has 2 N–H and O–H groups in total. The van der Waals surface area contributed by atoms with E-state index in [0.717, 1.165) is 0 Å². The molecular weight excluding hydrogens is 246 g/mol. The molecule has 1 atom stereocenters. The van der Waals surface area contributed by atoms with Gasteiger partial charge in [0.1, 0.15) is 11.9 Å². The largest absolute Gasteiger partial charge is 0.508 e. The number of ether oxygens (including phenoxy) is 2. The number of phenols is 1. The van der Waals surface area contributed by atoms with Gasteiger partial charge < -0.3 is 19.9 Å². The quantitative estimate of drug-likeness (QED) is 0.870. The van der Waals surface area contributed by atoms with Crippen LogP contribution in [0.25, 0.3) is 0 Å². The van der Waals surface area contributed by atoms with Gasteiger partial charge in [-0.05, 0) is 32.9 Å². The van der Waals surface area contributed by atoms with Crippen LogP contribution < -0.4 is 5.32 Å². The number of phenolic OH excluding ortho intramolecular Hbond substituents is 1. The molecular formula is C14H19NO4. The van der Waals surface area contributed by atoms with Crippen molar-refractivity contribution in [1.29, 1.82) is 0 Å². The van der Waals surface area contributed by atoms with E-state index in [1.165, 1.54) is 0 Å². The molecule has 0 radical (unpaired) electrons. The number of aromatic hydroxyl groups is 1. The first-order chi connectivity index (χ1) is 8.89. The molecule has 1 unspecified atom stereocenters. The summed E-state index contributed by atoms with van der Waals surface area (Å²) in [6, 6.07) is 4.89. The van der Waals surface area contributed by atoms with E-state index in [0.29, 0.717) is 24.3 Å². The number of carbonyl (C=O) groups excluding carboxylic acids is 1. The van der Waals surface area contributed by atoms with Crippen LogP contribution in [0.15, 0.2) is 18.2 Å². The first-order valence-electron chi connectivity index (χ1n) is 6.27. The minimum absolute atomic E-state index is 0.120. The van der Waals surface area contributed by atoms with E-state index in [-0.39, 0.29) is 17.8 Å². The van der Waals surface area contributed by atoms with Crippen LogP contribution in [-0.2, 0) is 9.47 Å². The minimum atomic E-state index is -0.587. The molecule has 5 nitrogen and oxygen atoms in total. The molecule has 0 spiro atoms. The van der Waals surface area contributed by atoms with E-state index in [1.807, 2.05) is 13.8 Å². The van der Waals surface area contributed by atoms with Crippen LogP contribution >= 0.6 is 0 Å². The van der Waals surface area contributed by atoms with Gasteiger partial charge in [0.2, 0.25) is 0 Å².